The molecule has 0 fully saturated rings. The molecule has 4 heteroatoms. The van der Waals surface area contributed by atoms with Crippen LogP contribution in [0.4, 0.5) is 34.1 Å². The summed E-state index contributed by atoms with van der Waals surface area (Å²) in [4.78, 5) is 5.00. The fraction of sp³-hybridized carbons (Fsp3) is 0.0833. The van der Waals surface area contributed by atoms with Crippen LogP contribution >= 0.6 is 11.3 Å². The van der Waals surface area contributed by atoms with Crippen molar-refractivity contribution in [1.82, 2.24) is 0 Å². The topological polar surface area (TPSA) is 6.48 Å². The maximum atomic E-state index is 2.51. The summed E-state index contributed by atoms with van der Waals surface area (Å²) in [6.45, 7) is 0.147. The Morgan fingerprint density at radius 2 is 1.12 bits per heavy atom. The van der Waals surface area contributed by atoms with Crippen molar-refractivity contribution in [2.75, 3.05) is 9.80 Å². The lowest BCUT2D eigenvalue weighted by atomic mass is 9.36. The second-order valence-corrected chi connectivity index (χ2v) is 15.4. The summed E-state index contributed by atoms with van der Waals surface area (Å²) in [5.41, 5.74) is 18.3. The standard InChI is InChI=1S/C48H35BN2S/c1-2-15-36(16-3-1)51-44-23-12-22-43-46(44)49(48-47(51)40-19-8-11-24-45(40)52-48)41-20-9-10-21-42(41)50(43)37-29-27-33(28-30-37)38-17-6-7-18-39(38)35-26-25-32-13-4-5-14-34(32)31-35/h1-3,6-12,15-31H,4-5,13-14H2. The number of thiophene rings is 1. The molecule has 7 aromatic carbocycles. The Morgan fingerprint density at radius 1 is 0.481 bits per heavy atom. The third kappa shape index (κ3) is 4.50. The number of rotatable bonds is 4. The quantitative estimate of drug-likeness (QED) is 0.171. The normalized spacial score (nSPS) is 14.1. The molecule has 52 heavy (non-hydrogen) atoms. The third-order valence-electron chi connectivity index (χ3n) is 11.4. The van der Waals surface area contributed by atoms with Crippen LogP contribution in [0.2, 0.25) is 0 Å². The van der Waals surface area contributed by atoms with Gasteiger partial charge >= 0.3 is 0 Å². The summed E-state index contributed by atoms with van der Waals surface area (Å²) < 4.78 is 2.74. The highest BCUT2D eigenvalue weighted by atomic mass is 32.1. The third-order valence-corrected chi connectivity index (χ3v) is 12.7. The van der Waals surface area contributed by atoms with Gasteiger partial charge in [0, 0.05) is 43.3 Å². The summed E-state index contributed by atoms with van der Waals surface area (Å²) in [6.07, 6.45) is 4.99. The van der Waals surface area contributed by atoms with Crippen LogP contribution in [0, 0.1) is 0 Å². The number of hydrogen-bond acceptors (Lipinski definition) is 3. The van der Waals surface area contributed by atoms with Crippen LogP contribution in [0.3, 0.4) is 0 Å². The van der Waals surface area contributed by atoms with Gasteiger partial charge < -0.3 is 9.80 Å². The van der Waals surface area contributed by atoms with E-state index in [1.807, 2.05) is 11.3 Å². The predicted molar refractivity (Wildman–Crippen MR) is 223 cm³/mol. The second kappa shape index (κ2) is 11.9. The van der Waals surface area contributed by atoms with E-state index in [-0.39, 0.29) is 6.71 Å². The second-order valence-electron chi connectivity index (χ2n) is 14.3. The highest BCUT2D eigenvalue weighted by molar-refractivity contribution is 7.33. The SMILES string of the molecule is c1ccc(N2c3cccc4c3B(c3ccccc3N4c3ccc(-c4ccccc4-c4ccc5c(c4)CCCC5)cc3)c3sc4ccccc4c32)cc1. The summed E-state index contributed by atoms with van der Waals surface area (Å²) in [6, 6.07) is 61.1. The lowest BCUT2D eigenvalue weighted by molar-refractivity contribution is 0.686. The van der Waals surface area contributed by atoms with Gasteiger partial charge in [-0.25, -0.2) is 0 Å². The molecular weight excluding hydrogens is 647 g/mol. The zero-order chi connectivity index (χ0) is 34.2. The van der Waals surface area contributed by atoms with E-state index in [0.717, 1.165) is 0 Å². The van der Waals surface area contributed by atoms with Crippen molar-refractivity contribution < 1.29 is 0 Å². The lowest BCUT2D eigenvalue weighted by Gasteiger charge is -2.43. The van der Waals surface area contributed by atoms with Gasteiger partial charge in [0.2, 0.25) is 0 Å². The summed E-state index contributed by atoms with van der Waals surface area (Å²) >= 11 is 1.94. The average molecular weight is 683 g/mol. The predicted octanol–water partition coefficient (Wildman–Crippen LogP) is 11.2. The van der Waals surface area contributed by atoms with Crippen LogP contribution in [0.5, 0.6) is 0 Å². The maximum Gasteiger partial charge on any atom is 0.264 e. The maximum absolute atomic E-state index is 2.51. The molecule has 0 amide bonds. The molecule has 0 spiro atoms. The van der Waals surface area contributed by atoms with Crippen molar-refractivity contribution >= 4 is 78.0 Å². The molecule has 11 rings (SSSR count). The Hall–Kier alpha value is -5.84. The molecule has 0 saturated heterocycles. The molecule has 2 nitrogen and oxygen atoms in total. The summed E-state index contributed by atoms with van der Waals surface area (Å²) in [5.74, 6) is 0. The molecule has 2 aliphatic heterocycles. The first-order valence-corrected chi connectivity index (χ1v) is 19.3. The van der Waals surface area contributed by atoms with Crippen molar-refractivity contribution in [3.63, 3.8) is 0 Å². The van der Waals surface area contributed by atoms with Crippen LogP contribution in [0.1, 0.15) is 24.0 Å². The smallest absolute Gasteiger partial charge is 0.264 e. The lowest BCUT2D eigenvalue weighted by Crippen LogP contribution is -2.60. The Kier molecular flexibility index (Phi) is 6.81. The molecule has 3 heterocycles. The van der Waals surface area contributed by atoms with Gasteiger partial charge in [0.05, 0.1) is 5.69 Å². The van der Waals surface area contributed by atoms with Gasteiger partial charge in [-0.05, 0) is 119 Å². The molecule has 0 saturated carbocycles. The molecule has 1 aromatic heterocycles. The minimum Gasteiger partial charge on any atom is -0.311 e. The minimum atomic E-state index is 0.147. The van der Waals surface area contributed by atoms with E-state index in [2.05, 4.69) is 174 Å². The Morgan fingerprint density at radius 3 is 1.96 bits per heavy atom. The van der Waals surface area contributed by atoms with E-state index in [1.165, 1.54) is 119 Å². The number of anilines is 6. The Balaban J connectivity index is 1.06. The Labute approximate surface area is 309 Å². The molecule has 246 valence electrons. The van der Waals surface area contributed by atoms with E-state index in [9.17, 15) is 0 Å². The first-order chi connectivity index (χ1) is 25.8. The molecule has 0 N–H and O–H groups in total. The average Bonchev–Trinajstić information content (AvgIpc) is 3.60. The van der Waals surface area contributed by atoms with Crippen LogP contribution in [0.15, 0.2) is 164 Å². The minimum absolute atomic E-state index is 0.147. The number of para-hydroxylation sites is 2. The van der Waals surface area contributed by atoms with E-state index in [0.29, 0.717) is 0 Å². The number of nitrogens with zero attached hydrogens (tertiary/aromatic N) is 2. The van der Waals surface area contributed by atoms with Crippen molar-refractivity contribution in [3.8, 4) is 22.3 Å². The van der Waals surface area contributed by atoms with Crippen LogP contribution in [-0.4, -0.2) is 6.71 Å². The molecule has 8 aromatic rings. The van der Waals surface area contributed by atoms with Gasteiger partial charge in [-0.1, -0.05) is 115 Å². The van der Waals surface area contributed by atoms with E-state index in [1.54, 1.807) is 0 Å². The first kappa shape index (κ1) is 29.9. The summed E-state index contributed by atoms with van der Waals surface area (Å²) in [5, 5.41) is 1.31. The van der Waals surface area contributed by atoms with E-state index >= 15 is 0 Å². The van der Waals surface area contributed by atoms with Crippen LogP contribution < -0.4 is 25.5 Å². The molecule has 0 unspecified atom stereocenters. The van der Waals surface area contributed by atoms with E-state index in [4.69, 9.17) is 0 Å². The van der Waals surface area contributed by atoms with Crippen molar-refractivity contribution in [2.45, 2.75) is 25.7 Å². The van der Waals surface area contributed by atoms with Gasteiger partial charge in [-0.2, -0.15) is 0 Å². The van der Waals surface area contributed by atoms with Gasteiger partial charge in [0.15, 0.2) is 0 Å². The largest absolute Gasteiger partial charge is 0.311 e. The van der Waals surface area contributed by atoms with Crippen molar-refractivity contribution in [1.29, 1.82) is 0 Å². The number of aryl methyl sites for hydroxylation is 2. The highest BCUT2D eigenvalue weighted by Gasteiger charge is 2.44. The van der Waals surface area contributed by atoms with Gasteiger partial charge in [0.1, 0.15) is 0 Å². The highest BCUT2D eigenvalue weighted by Crippen LogP contribution is 2.47. The monoisotopic (exact) mass is 682 g/mol. The van der Waals surface area contributed by atoms with Crippen molar-refractivity contribution in [2.24, 2.45) is 0 Å². The number of benzene rings is 7. The van der Waals surface area contributed by atoms with Gasteiger partial charge in [-0.3, -0.25) is 0 Å². The van der Waals surface area contributed by atoms with Crippen LogP contribution in [0.25, 0.3) is 32.3 Å². The number of fused-ring (bicyclic) bond motifs is 7. The van der Waals surface area contributed by atoms with Gasteiger partial charge in [-0.15, -0.1) is 11.3 Å². The molecule has 0 radical (unpaired) electrons. The summed E-state index contributed by atoms with van der Waals surface area (Å²) in [7, 11) is 0. The fourth-order valence-corrected chi connectivity index (χ4v) is 10.4. The van der Waals surface area contributed by atoms with Gasteiger partial charge in [0.25, 0.3) is 6.71 Å². The Bertz CT molecular complexity index is 2660. The number of hydrogen-bond donors (Lipinski definition) is 0. The molecule has 3 aliphatic rings. The molecule has 0 bridgehead atoms. The van der Waals surface area contributed by atoms with Crippen LogP contribution in [-0.2, 0) is 12.8 Å². The molecule has 0 atom stereocenters. The van der Waals surface area contributed by atoms with E-state index < -0.39 is 0 Å². The molecule has 1 aliphatic carbocycles. The van der Waals surface area contributed by atoms with Crippen molar-refractivity contribution in [3.05, 3.63) is 175 Å². The fourth-order valence-electron chi connectivity index (χ4n) is 9.12. The zero-order valence-corrected chi connectivity index (χ0v) is 29.6. The molecular formula is C48H35BN2S. The zero-order valence-electron chi connectivity index (χ0n) is 28.8. The first-order valence-electron chi connectivity index (χ1n) is 18.5.